The first-order chi connectivity index (χ1) is 17.9. The number of rotatable bonds is 14. The molecule has 1 amide bonds. The fraction of sp³-hybridized carbons (Fsp3) is 0.467. The predicted octanol–water partition coefficient (Wildman–Crippen LogP) is 5.42. The number of Topliss-reactive ketones (excluding diaryl/α,β-unsaturated/α-hetero) is 1. The number of ether oxygens (including phenoxy) is 2. The van der Waals surface area contributed by atoms with E-state index >= 15 is 0 Å². The molecule has 0 radical (unpaired) electrons. The van der Waals surface area contributed by atoms with Gasteiger partial charge in [0.25, 0.3) is 11.7 Å². The molecule has 2 aromatic carbocycles. The first kappa shape index (κ1) is 28.3. The van der Waals surface area contributed by atoms with Crippen molar-refractivity contribution < 1.29 is 24.2 Å². The summed E-state index contributed by atoms with van der Waals surface area (Å²) in [5.41, 5.74) is 1.32. The quantitative estimate of drug-likeness (QED) is 0.209. The molecule has 0 aromatic heterocycles. The van der Waals surface area contributed by atoms with Crippen molar-refractivity contribution in [1.82, 2.24) is 9.80 Å². The minimum Gasteiger partial charge on any atom is -0.507 e. The van der Waals surface area contributed by atoms with Gasteiger partial charge in [-0.25, -0.2) is 0 Å². The fourth-order valence-electron chi connectivity index (χ4n) is 4.71. The van der Waals surface area contributed by atoms with Crippen LogP contribution in [-0.4, -0.2) is 67.0 Å². The van der Waals surface area contributed by atoms with E-state index in [-0.39, 0.29) is 11.3 Å². The maximum absolute atomic E-state index is 13.3. The highest BCUT2D eigenvalue weighted by molar-refractivity contribution is 6.46. The van der Waals surface area contributed by atoms with Crippen molar-refractivity contribution in [2.75, 3.05) is 40.4 Å². The number of benzene rings is 2. The van der Waals surface area contributed by atoms with Crippen molar-refractivity contribution in [2.24, 2.45) is 0 Å². The summed E-state index contributed by atoms with van der Waals surface area (Å²) in [6, 6.07) is 13.4. The van der Waals surface area contributed by atoms with Crippen LogP contribution < -0.4 is 9.47 Å². The molecule has 2 aromatic rings. The van der Waals surface area contributed by atoms with Gasteiger partial charge in [0.15, 0.2) is 0 Å². The van der Waals surface area contributed by atoms with Crippen molar-refractivity contribution in [3.8, 4) is 11.5 Å². The predicted molar refractivity (Wildman–Crippen MR) is 146 cm³/mol. The Hall–Kier alpha value is -3.32. The number of methoxy groups -OCH3 is 2. The van der Waals surface area contributed by atoms with Gasteiger partial charge in [0.1, 0.15) is 17.3 Å². The van der Waals surface area contributed by atoms with Gasteiger partial charge in [-0.05, 0) is 80.9 Å². The summed E-state index contributed by atoms with van der Waals surface area (Å²) in [5.74, 6) is -0.109. The van der Waals surface area contributed by atoms with Crippen LogP contribution in [0.15, 0.2) is 54.1 Å². The Balaban J connectivity index is 1.92. The van der Waals surface area contributed by atoms with Gasteiger partial charge in [0, 0.05) is 12.1 Å². The zero-order chi connectivity index (χ0) is 26.8. The molecule has 1 aliphatic heterocycles. The minimum atomic E-state index is -0.673. The molecule has 0 saturated carbocycles. The van der Waals surface area contributed by atoms with Crippen LogP contribution in [0.3, 0.4) is 0 Å². The fourth-order valence-corrected chi connectivity index (χ4v) is 4.71. The van der Waals surface area contributed by atoms with Gasteiger partial charge < -0.3 is 24.4 Å². The van der Waals surface area contributed by atoms with Crippen LogP contribution in [0.25, 0.3) is 5.76 Å². The van der Waals surface area contributed by atoms with E-state index in [4.69, 9.17) is 9.47 Å². The molecule has 1 aliphatic rings. The van der Waals surface area contributed by atoms with Crippen molar-refractivity contribution in [2.45, 2.75) is 52.0 Å². The molecule has 3 rings (SSSR count). The Kier molecular flexibility index (Phi) is 10.6. The van der Waals surface area contributed by atoms with Gasteiger partial charge >= 0.3 is 0 Å². The van der Waals surface area contributed by atoms with Gasteiger partial charge in [-0.15, -0.1) is 0 Å². The van der Waals surface area contributed by atoms with E-state index in [1.165, 1.54) is 0 Å². The topological polar surface area (TPSA) is 79.3 Å². The third-order valence-corrected chi connectivity index (χ3v) is 6.86. The second-order valence-electron chi connectivity index (χ2n) is 9.40. The molecule has 0 spiro atoms. The monoisotopic (exact) mass is 508 g/mol. The number of likely N-dealkylation sites (tertiary alicyclic amines) is 1. The van der Waals surface area contributed by atoms with Crippen LogP contribution in [0.2, 0.25) is 0 Å². The average molecular weight is 509 g/mol. The van der Waals surface area contributed by atoms with E-state index < -0.39 is 17.7 Å². The first-order valence-corrected chi connectivity index (χ1v) is 13.2. The normalized spacial score (nSPS) is 17.0. The molecule has 1 fully saturated rings. The standard InChI is InChI=1S/C30H40N2O5/c1-5-7-18-31(19-8-6-2)20-9-21-32-27(22-10-14-24(36-3)15-11-22)26(29(34)30(32)35)28(33)23-12-16-25(37-4)17-13-23/h10-17,27,33H,5-9,18-21H2,1-4H3/b28-26+. The molecule has 1 heterocycles. The molecule has 7 heteroatoms. The number of unbranched alkanes of at least 4 members (excludes halogenated alkanes) is 2. The summed E-state index contributed by atoms with van der Waals surface area (Å²) in [6.45, 7) is 7.74. The van der Waals surface area contributed by atoms with Gasteiger partial charge in [0.2, 0.25) is 0 Å². The zero-order valence-corrected chi connectivity index (χ0v) is 22.5. The van der Waals surface area contributed by atoms with E-state index in [0.29, 0.717) is 23.6 Å². The van der Waals surface area contributed by atoms with Crippen LogP contribution in [0.1, 0.15) is 63.1 Å². The van der Waals surface area contributed by atoms with Crippen LogP contribution in [0, 0.1) is 0 Å². The maximum atomic E-state index is 13.3. The lowest BCUT2D eigenvalue weighted by molar-refractivity contribution is -0.140. The molecule has 1 N–H and O–H groups in total. The lowest BCUT2D eigenvalue weighted by Gasteiger charge is -2.27. The second kappa shape index (κ2) is 13.8. The Morgan fingerprint density at radius 2 is 1.35 bits per heavy atom. The molecule has 1 atom stereocenters. The van der Waals surface area contributed by atoms with Gasteiger partial charge in [-0.2, -0.15) is 0 Å². The minimum absolute atomic E-state index is 0.106. The third-order valence-electron chi connectivity index (χ3n) is 6.86. The average Bonchev–Trinajstić information content (AvgIpc) is 3.18. The summed E-state index contributed by atoms with van der Waals surface area (Å²) in [6.07, 6.45) is 5.31. The largest absolute Gasteiger partial charge is 0.507 e. The first-order valence-electron chi connectivity index (χ1n) is 13.2. The molecule has 37 heavy (non-hydrogen) atoms. The summed E-state index contributed by atoms with van der Waals surface area (Å²) in [4.78, 5) is 30.6. The Labute approximate surface area is 220 Å². The van der Waals surface area contributed by atoms with Crippen molar-refractivity contribution >= 4 is 17.4 Å². The number of ketones is 1. The van der Waals surface area contributed by atoms with Gasteiger partial charge in [-0.1, -0.05) is 38.8 Å². The molecule has 200 valence electrons. The van der Waals surface area contributed by atoms with E-state index in [1.807, 2.05) is 12.1 Å². The van der Waals surface area contributed by atoms with Gasteiger partial charge in [0.05, 0.1) is 25.8 Å². The third kappa shape index (κ3) is 6.92. The van der Waals surface area contributed by atoms with Gasteiger partial charge in [-0.3, -0.25) is 9.59 Å². The molecule has 0 aliphatic carbocycles. The lowest BCUT2D eigenvalue weighted by Crippen LogP contribution is -2.34. The maximum Gasteiger partial charge on any atom is 0.295 e. The van der Waals surface area contributed by atoms with Crippen LogP contribution >= 0.6 is 0 Å². The lowest BCUT2D eigenvalue weighted by atomic mass is 9.95. The number of nitrogens with zero attached hydrogens (tertiary/aromatic N) is 2. The second-order valence-corrected chi connectivity index (χ2v) is 9.40. The van der Waals surface area contributed by atoms with Crippen LogP contribution in [-0.2, 0) is 9.59 Å². The van der Waals surface area contributed by atoms with Crippen molar-refractivity contribution in [3.63, 3.8) is 0 Å². The van der Waals surface area contributed by atoms with E-state index in [0.717, 1.165) is 57.3 Å². The zero-order valence-electron chi connectivity index (χ0n) is 22.5. The number of hydrogen-bond donors (Lipinski definition) is 1. The van der Waals surface area contributed by atoms with Crippen molar-refractivity contribution in [1.29, 1.82) is 0 Å². The summed E-state index contributed by atoms with van der Waals surface area (Å²) in [5, 5.41) is 11.2. The Morgan fingerprint density at radius 1 is 0.838 bits per heavy atom. The van der Waals surface area contributed by atoms with E-state index in [9.17, 15) is 14.7 Å². The number of hydrogen-bond acceptors (Lipinski definition) is 6. The highest BCUT2D eigenvalue weighted by Gasteiger charge is 2.45. The van der Waals surface area contributed by atoms with E-state index in [1.54, 1.807) is 55.5 Å². The molecule has 1 unspecified atom stereocenters. The Morgan fingerprint density at radius 3 is 1.86 bits per heavy atom. The molecule has 7 nitrogen and oxygen atoms in total. The highest BCUT2D eigenvalue weighted by atomic mass is 16.5. The van der Waals surface area contributed by atoms with E-state index in [2.05, 4.69) is 18.7 Å². The number of aliphatic hydroxyl groups is 1. The van der Waals surface area contributed by atoms with Crippen LogP contribution in [0.4, 0.5) is 0 Å². The van der Waals surface area contributed by atoms with Crippen molar-refractivity contribution in [3.05, 3.63) is 65.2 Å². The molecule has 1 saturated heterocycles. The number of carbonyl (C=O) groups excluding carboxylic acids is 2. The molecular formula is C30H40N2O5. The molecule has 0 bridgehead atoms. The number of carbonyl (C=O) groups is 2. The van der Waals surface area contributed by atoms with Crippen LogP contribution in [0.5, 0.6) is 11.5 Å². The smallest absolute Gasteiger partial charge is 0.295 e. The summed E-state index contributed by atoms with van der Waals surface area (Å²) >= 11 is 0. The summed E-state index contributed by atoms with van der Waals surface area (Å²) < 4.78 is 10.5. The number of aliphatic hydroxyl groups excluding tert-OH is 1. The molecular weight excluding hydrogens is 468 g/mol. The summed E-state index contributed by atoms with van der Waals surface area (Å²) in [7, 11) is 3.16. The highest BCUT2D eigenvalue weighted by Crippen LogP contribution is 2.40. The Bertz CT molecular complexity index is 1050. The number of amides is 1. The SMILES string of the molecule is CCCCN(CCCC)CCCN1C(=O)C(=O)/C(=C(/O)c2ccc(OC)cc2)C1c1ccc(OC)cc1.